The van der Waals surface area contributed by atoms with Crippen molar-refractivity contribution in [2.24, 2.45) is 0 Å². The van der Waals surface area contributed by atoms with Crippen molar-refractivity contribution >= 4 is 29.0 Å². The monoisotopic (exact) mass is 463 g/mol. The Morgan fingerprint density at radius 3 is 2.56 bits per heavy atom. The highest BCUT2D eigenvalue weighted by Gasteiger charge is 2.30. The van der Waals surface area contributed by atoms with Gasteiger partial charge in [-0.1, -0.05) is 18.7 Å². The van der Waals surface area contributed by atoms with Gasteiger partial charge in [-0.05, 0) is 43.4 Å². The van der Waals surface area contributed by atoms with Crippen molar-refractivity contribution in [2.45, 2.75) is 42.6 Å². The minimum atomic E-state index is -3.36. The molecule has 2 atom stereocenters. The summed E-state index contributed by atoms with van der Waals surface area (Å²) in [7, 11) is -5.24. The molecule has 0 aliphatic carbocycles. The zero-order valence-corrected chi connectivity index (χ0v) is 18.5. The minimum absolute atomic E-state index is 0.0207. The lowest BCUT2D eigenvalue weighted by Gasteiger charge is -2.35. The van der Waals surface area contributed by atoms with Gasteiger partial charge in [0.25, 0.3) is 5.91 Å². The largest absolute Gasteiger partial charge is 0.475 e. The van der Waals surface area contributed by atoms with Crippen molar-refractivity contribution in [3.05, 3.63) is 42.0 Å². The van der Waals surface area contributed by atoms with Gasteiger partial charge in [-0.25, -0.2) is 13.2 Å². The van der Waals surface area contributed by atoms with E-state index in [1.165, 1.54) is 29.2 Å². The molecule has 1 aromatic rings. The predicted octanol–water partition coefficient (Wildman–Crippen LogP) is 0.200. The molecule has 32 heavy (non-hydrogen) atoms. The second-order valence-corrected chi connectivity index (χ2v) is 9.64. The van der Waals surface area contributed by atoms with Crippen LogP contribution < -0.4 is 5.32 Å². The average molecular weight is 463 g/mol. The first-order chi connectivity index (χ1) is 15.0. The van der Waals surface area contributed by atoms with E-state index in [1.807, 2.05) is 0 Å². The van der Waals surface area contributed by atoms with Gasteiger partial charge in [0.05, 0.1) is 16.9 Å². The number of hydrogen-bond donors (Lipinski definition) is 3. The van der Waals surface area contributed by atoms with E-state index in [1.54, 1.807) is 6.07 Å². The normalized spacial score (nSPS) is 17.1. The number of sulfone groups is 1. The Balaban J connectivity index is 1.96. The van der Waals surface area contributed by atoms with E-state index in [4.69, 9.17) is 10.00 Å². The van der Waals surface area contributed by atoms with Gasteiger partial charge < -0.3 is 25.0 Å². The molecule has 0 radical (unpaired) electrons. The lowest BCUT2D eigenvalue weighted by molar-refractivity contribution is -0.131. The van der Waals surface area contributed by atoms with Crippen LogP contribution in [0.15, 0.2) is 41.3 Å². The summed E-state index contributed by atoms with van der Waals surface area (Å²) in [6, 6.07) is 7.15. The van der Waals surface area contributed by atoms with Crippen molar-refractivity contribution in [1.82, 2.24) is 10.2 Å². The van der Waals surface area contributed by atoms with Gasteiger partial charge in [-0.15, -0.1) is 0 Å². The minimum Gasteiger partial charge on any atom is -0.447 e. The van der Waals surface area contributed by atoms with Crippen LogP contribution in [0.4, 0.5) is 4.79 Å². The lowest BCUT2D eigenvalue weighted by atomic mass is 9.76. The summed E-state index contributed by atoms with van der Waals surface area (Å²) in [4.78, 5) is 26.1. The Labute approximate surface area is 187 Å². The third-order valence-corrected chi connectivity index (χ3v) is 6.29. The third-order valence-electron chi connectivity index (χ3n) is 5.16. The molecule has 1 aliphatic rings. The summed E-state index contributed by atoms with van der Waals surface area (Å²) >= 11 is 0. The third kappa shape index (κ3) is 7.08. The van der Waals surface area contributed by atoms with Crippen molar-refractivity contribution in [2.75, 3.05) is 19.4 Å². The molecule has 12 heteroatoms. The van der Waals surface area contributed by atoms with Crippen LogP contribution in [0.2, 0.25) is 0 Å². The number of likely N-dealkylation sites (tertiary alicyclic amines) is 1. The van der Waals surface area contributed by atoms with Crippen LogP contribution in [-0.2, 0) is 25.8 Å². The number of carbonyl (C=O) groups excluding carboxylic acids is 2. The number of ether oxygens (including phenoxy) is 1. The second-order valence-electron chi connectivity index (χ2n) is 7.62. The molecule has 2 rings (SSSR count). The molecule has 1 saturated heterocycles. The fraction of sp³-hybridized carbons (Fsp3) is 0.450. The first-order valence-corrected chi connectivity index (χ1v) is 11.9. The number of hydrogen-bond acceptors (Lipinski definition) is 8. The van der Waals surface area contributed by atoms with Gasteiger partial charge in [0.15, 0.2) is 9.84 Å². The number of nitrogens with one attached hydrogen (secondary N) is 1. The van der Waals surface area contributed by atoms with Crippen LogP contribution in [-0.4, -0.2) is 73.9 Å². The zero-order chi connectivity index (χ0) is 23.9. The Morgan fingerprint density at radius 1 is 1.34 bits per heavy atom. The quantitative estimate of drug-likeness (QED) is 0.280. The van der Waals surface area contributed by atoms with Crippen LogP contribution in [0.25, 0.3) is 0 Å². The molecule has 0 spiro atoms. The van der Waals surface area contributed by atoms with Crippen LogP contribution in [0.1, 0.15) is 24.8 Å². The number of amides is 2. The van der Waals surface area contributed by atoms with E-state index in [0.717, 1.165) is 19.1 Å². The number of nitriles is 1. The molecule has 1 fully saturated rings. The Kier molecular flexibility index (Phi) is 8.83. The van der Waals surface area contributed by atoms with Crippen LogP contribution in [0, 0.1) is 11.3 Å². The Bertz CT molecular complexity index is 989. The van der Waals surface area contributed by atoms with E-state index in [0.29, 0.717) is 18.5 Å². The van der Waals surface area contributed by atoms with E-state index in [-0.39, 0.29) is 23.5 Å². The highest BCUT2D eigenvalue weighted by Crippen LogP contribution is 2.19. The van der Waals surface area contributed by atoms with Crippen molar-refractivity contribution in [3.8, 4) is 6.07 Å². The SMILES string of the molecule is C=C(C#N)C(=O)N1CCCC[C@@H]1COC(=O)N[C@@H](Cc1ccc(S(C)(=O)=O)cc1)B(O)O. The summed E-state index contributed by atoms with van der Waals surface area (Å²) in [5.74, 6) is -1.60. The maximum atomic E-state index is 12.3. The molecule has 1 heterocycles. The maximum absolute atomic E-state index is 12.3. The number of nitrogens with zero attached hydrogens (tertiary/aromatic N) is 2. The highest BCUT2D eigenvalue weighted by atomic mass is 32.2. The topological polar surface area (TPSA) is 157 Å². The van der Waals surface area contributed by atoms with Crippen molar-refractivity contribution in [3.63, 3.8) is 0 Å². The summed E-state index contributed by atoms with van der Waals surface area (Å²) in [6.45, 7) is 3.74. The number of piperidine rings is 1. The van der Waals surface area contributed by atoms with Gasteiger partial charge in [-0.2, -0.15) is 5.26 Å². The molecule has 0 bridgehead atoms. The highest BCUT2D eigenvalue weighted by molar-refractivity contribution is 7.90. The molecule has 2 amide bonds. The van der Waals surface area contributed by atoms with Crippen molar-refractivity contribution < 1.29 is 32.8 Å². The molecular weight excluding hydrogens is 437 g/mol. The van der Waals surface area contributed by atoms with Crippen LogP contribution in [0.5, 0.6) is 0 Å². The number of alkyl carbamates (subject to hydrolysis) is 1. The van der Waals surface area contributed by atoms with E-state index in [2.05, 4.69) is 11.9 Å². The van der Waals surface area contributed by atoms with E-state index in [9.17, 15) is 28.1 Å². The fourth-order valence-corrected chi connectivity index (χ4v) is 4.02. The molecular formula is C20H26BN3O7S. The molecule has 0 unspecified atom stereocenters. The summed E-state index contributed by atoms with van der Waals surface area (Å²) in [6.07, 6.45) is 2.40. The lowest BCUT2D eigenvalue weighted by Crippen LogP contribution is -2.50. The second kappa shape index (κ2) is 11.1. The number of benzene rings is 1. The molecule has 0 aromatic heterocycles. The Hall–Kier alpha value is -2.88. The molecule has 1 aromatic carbocycles. The summed E-state index contributed by atoms with van der Waals surface area (Å²) in [5.41, 5.74) is 0.390. The van der Waals surface area contributed by atoms with Gasteiger partial charge in [0, 0.05) is 12.8 Å². The van der Waals surface area contributed by atoms with Gasteiger partial charge in [-0.3, -0.25) is 4.79 Å². The summed E-state index contributed by atoms with van der Waals surface area (Å²) < 4.78 is 28.3. The summed E-state index contributed by atoms with van der Waals surface area (Å²) in [5, 5.41) is 30.5. The smallest absolute Gasteiger partial charge is 0.447 e. The fourth-order valence-electron chi connectivity index (χ4n) is 3.38. The zero-order valence-electron chi connectivity index (χ0n) is 17.7. The van der Waals surface area contributed by atoms with Crippen LogP contribution >= 0.6 is 0 Å². The first-order valence-electron chi connectivity index (χ1n) is 10.0. The molecule has 172 valence electrons. The van der Waals surface area contributed by atoms with Crippen molar-refractivity contribution in [1.29, 1.82) is 5.26 Å². The van der Waals surface area contributed by atoms with Gasteiger partial charge in [0.1, 0.15) is 18.2 Å². The van der Waals surface area contributed by atoms with E-state index >= 15 is 0 Å². The number of carbonyl (C=O) groups is 2. The molecule has 0 saturated carbocycles. The molecule has 10 nitrogen and oxygen atoms in total. The predicted molar refractivity (Wildman–Crippen MR) is 116 cm³/mol. The average Bonchev–Trinajstić information content (AvgIpc) is 2.76. The molecule has 1 aliphatic heterocycles. The number of rotatable bonds is 8. The standard InChI is InChI=1S/C20H26BN3O7S/c1-14(12-22)19(25)24-10-4-3-5-16(24)13-31-20(26)23-18(21(27)28)11-15-6-8-17(9-7-15)32(2,29)30/h6-9,16,18,27-28H,1,3-5,10-11,13H2,2H3,(H,23,26)/t16-,18+/m1/s1. The maximum Gasteiger partial charge on any atom is 0.475 e. The van der Waals surface area contributed by atoms with Crippen LogP contribution in [0.3, 0.4) is 0 Å². The van der Waals surface area contributed by atoms with E-state index < -0.39 is 40.9 Å². The first kappa shape index (κ1) is 25.4. The Morgan fingerprint density at radius 2 is 2.00 bits per heavy atom. The van der Waals surface area contributed by atoms with Gasteiger partial charge >= 0.3 is 13.2 Å². The van der Waals surface area contributed by atoms with Gasteiger partial charge in [0.2, 0.25) is 0 Å². The molecule has 3 N–H and O–H groups in total.